The van der Waals surface area contributed by atoms with Crippen molar-refractivity contribution >= 4 is 12.4 Å². The van der Waals surface area contributed by atoms with E-state index in [1.54, 1.807) is 0 Å². The van der Waals surface area contributed by atoms with Crippen molar-refractivity contribution in [3.8, 4) is 11.1 Å². The van der Waals surface area contributed by atoms with E-state index in [1.807, 2.05) is 0 Å². The van der Waals surface area contributed by atoms with E-state index in [0.29, 0.717) is 17.0 Å². The lowest BCUT2D eigenvalue weighted by Crippen LogP contribution is -2.04. The number of aromatic nitrogens is 2. The van der Waals surface area contributed by atoms with E-state index in [1.165, 1.54) is 24.5 Å². The third kappa shape index (κ3) is 3.65. The van der Waals surface area contributed by atoms with E-state index >= 15 is 0 Å². The second kappa shape index (κ2) is 5.99. The lowest BCUT2D eigenvalue weighted by molar-refractivity contribution is -0.137. The summed E-state index contributed by atoms with van der Waals surface area (Å²) in [5.74, 6) is 0.491. The van der Waals surface area contributed by atoms with Crippen LogP contribution in [-0.2, 0) is 12.7 Å². The number of rotatable bonds is 2. The highest BCUT2D eigenvalue weighted by Gasteiger charge is 2.29. The molecule has 2 aromatic rings. The number of hydrogen-bond donors (Lipinski definition) is 1. The van der Waals surface area contributed by atoms with Gasteiger partial charge < -0.3 is 5.73 Å². The van der Waals surface area contributed by atoms with Gasteiger partial charge in [-0.3, -0.25) is 0 Å². The molecule has 0 amide bonds. The van der Waals surface area contributed by atoms with Gasteiger partial charge in [-0.25, -0.2) is 9.97 Å². The third-order valence-corrected chi connectivity index (χ3v) is 2.43. The van der Waals surface area contributed by atoms with Crippen LogP contribution >= 0.6 is 12.4 Å². The second-order valence-corrected chi connectivity index (χ2v) is 3.67. The summed E-state index contributed by atoms with van der Waals surface area (Å²) in [6.45, 7) is 0.229. The fourth-order valence-electron chi connectivity index (χ4n) is 1.46. The van der Waals surface area contributed by atoms with E-state index in [-0.39, 0.29) is 19.0 Å². The highest BCUT2D eigenvalue weighted by molar-refractivity contribution is 5.85. The SMILES string of the molecule is Cl.NCc1ncc(-c2ccc(C(F)(F)F)cc2)cn1. The Balaban J connectivity index is 0.00000180. The molecule has 0 radical (unpaired) electrons. The first-order valence-corrected chi connectivity index (χ1v) is 5.19. The van der Waals surface area contributed by atoms with Gasteiger partial charge in [0.1, 0.15) is 5.82 Å². The number of nitrogens with two attached hydrogens (primary N) is 1. The van der Waals surface area contributed by atoms with Crippen LogP contribution in [0.1, 0.15) is 11.4 Å². The van der Waals surface area contributed by atoms with Crippen molar-refractivity contribution in [1.82, 2.24) is 9.97 Å². The van der Waals surface area contributed by atoms with Gasteiger partial charge in [-0.15, -0.1) is 12.4 Å². The molecule has 0 spiro atoms. The predicted octanol–water partition coefficient (Wildman–Crippen LogP) is 3.04. The number of halogens is 4. The minimum atomic E-state index is -4.32. The Bertz CT molecular complexity index is 523. The number of nitrogens with zero attached hydrogens (tertiary/aromatic N) is 2. The van der Waals surface area contributed by atoms with Crippen molar-refractivity contribution in [3.63, 3.8) is 0 Å². The number of alkyl halides is 3. The minimum absolute atomic E-state index is 0. The van der Waals surface area contributed by atoms with Crippen LogP contribution in [0.5, 0.6) is 0 Å². The molecule has 0 aliphatic carbocycles. The van der Waals surface area contributed by atoms with E-state index in [2.05, 4.69) is 9.97 Å². The molecule has 19 heavy (non-hydrogen) atoms. The molecule has 0 aliphatic rings. The number of hydrogen-bond acceptors (Lipinski definition) is 3. The van der Waals surface area contributed by atoms with Gasteiger partial charge in [-0.2, -0.15) is 13.2 Å². The predicted molar refractivity (Wildman–Crippen MR) is 67.6 cm³/mol. The second-order valence-electron chi connectivity index (χ2n) is 3.67. The fourth-order valence-corrected chi connectivity index (χ4v) is 1.46. The van der Waals surface area contributed by atoms with Gasteiger partial charge in [-0.05, 0) is 17.7 Å². The Labute approximate surface area is 114 Å². The first-order chi connectivity index (χ1) is 8.50. The average Bonchev–Trinajstić information content (AvgIpc) is 2.38. The van der Waals surface area contributed by atoms with Crippen molar-refractivity contribution in [2.75, 3.05) is 0 Å². The van der Waals surface area contributed by atoms with Crippen molar-refractivity contribution in [2.45, 2.75) is 12.7 Å². The van der Waals surface area contributed by atoms with Crippen LogP contribution in [0.25, 0.3) is 11.1 Å². The largest absolute Gasteiger partial charge is 0.416 e. The molecule has 3 nitrogen and oxygen atoms in total. The first-order valence-electron chi connectivity index (χ1n) is 5.19. The monoisotopic (exact) mass is 289 g/mol. The molecule has 1 aromatic carbocycles. The Kier molecular flexibility index (Phi) is 4.85. The normalized spacial score (nSPS) is 10.9. The maximum atomic E-state index is 12.4. The summed E-state index contributed by atoms with van der Waals surface area (Å²) in [4.78, 5) is 7.97. The summed E-state index contributed by atoms with van der Waals surface area (Å²) in [6.07, 6.45) is -1.24. The van der Waals surface area contributed by atoms with Crippen LogP contribution in [-0.4, -0.2) is 9.97 Å². The smallest absolute Gasteiger partial charge is 0.324 e. The molecule has 2 N–H and O–H groups in total. The lowest BCUT2D eigenvalue weighted by Gasteiger charge is -2.07. The summed E-state index contributed by atoms with van der Waals surface area (Å²) >= 11 is 0. The van der Waals surface area contributed by atoms with Gasteiger partial charge in [0.25, 0.3) is 0 Å². The maximum Gasteiger partial charge on any atom is 0.416 e. The van der Waals surface area contributed by atoms with Gasteiger partial charge in [0.2, 0.25) is 0 Å². The first kappa shape index (κ1) is 15.4. The molecule has 0 fully saturated rings. The quantitative estimate of drug-likeness (QED) is 0.924. The maximum absolute atomic E-state index is 12.4. The summed E-state index contributed by atoms with van der Waals surface area (Å²) in [5.41, 5.74) is 5.97. The minimum Gasteiger partial charge on any atom is -0.324 e. The molecule has 102 valence electrons. The molecule has 0 saturated heterocycles. The molecular formula is C12H11ClF3N3. The summed E-state index contributed by atoms with van der Waals surface area (Å²) in [7, 11) is 0. The Morgan fingerprint density at radius 3 is 1.89 bits per heavy atom. The molecule has 0 unspecified atom stereocenters. The molecule has 0 saturated carbocycles. The molecule has 0 aliphatic heterocycles. The van der Waals surface area contributed by atoms with Gasteiger partial charge in [0, 0.05) is 18.0 Å². The third-order valence-electron chi connectivity index (χ3n) is 2.43. The van der Waals surface area contributed by atoms with Crippen LogP contribution in [0.3, 0.4) is 0 Å². The Morgan fingerprint density at radius 2 is 1.47 bits per heavy atom. The lowest BCUT2D eigenvalue weighted by atomic mass is 10.1. The topological polar surface area (TPSA) is 51.8 Å². The zero-order valence-corrected chi connectivity index (χ0v) is 10.5. The highest BCUT2D eigenvalue weighted by Crippen LogP contribution is 2.30. The van der Waals surface area contributed by atoms with Crippen molar-refractivity contribution < 1.29 is 13.2 Å². The van der Waals surface area contributed by atoms with E-state index < -0.39 is 11.7 Å². The van der Waals surface area contributed by atoms with Crippen molar-refractivity contribution in [1.29, 1.82) is 0 Å². The van der Waals surface area contributed by atoms with Gasteiger partial charge in [-0.1, -0.05) is 12.1 Å². The van der Waals surface area contributed by atoms with Gasteiger partial charge in [0.15, 0.2) is 0 Å². The average molecular weight is 290 g/mol. The number of benzene rings is 1. The van der Waals surface area contributed by atoms with E-state index in [0.717, 1.165) is 12.1 Å². The van der Waals surface area contributed by atoms with Crippen LogP contribution in [0, 0.1) is 0 Å². The summed E-state index contributed by atoms with van der Waals surface area (Å²) in [6, 6.07) is 4.85. The molecule has 0 bridgehead atoms. The zero-order valence-electron chi connectivity index (χ0n) is 9.69. The molecular weight excluding hydrogens is 279 g/mol. The zero-order chi connectivity index (χ0) is 13.2. The fraction of sp³-hybridized carbons (Fsp3) is 0.167. The molecule has 1 heterocycles. The van der Waals surface area contributed by atoms with Crippen LogP contribution in [0.4, 0.5) is 13.2 Å². The summed E-state index contributed by atoms with van der Waals surface area (Å²) < 4.78 is 37.1. The van der Waals surface area contributed by atoms with E-state index in [4.69, 9.17) is 5.73 Å². The molecule has 2 rings (SSSR count). The van der Waals surface area contributed by atoms with E-state index in [9.17, 15) is 13.2 Å². The standard InChI is InChI=1S/C12H10F3N3.ClH/c13-12(14,15)10-3-1-8(2-4-10)9-6-17-11(5-16)18-7-9;/h1-4,6-7H,5,16H2;1H. The van der Waals surface area contributed by atoms with Crippen molar-refractivity contribution in [2.24, 2.45) is 5.73 Å². The Morgan fingerprint density at radius 1 is 0.947 bits per heavy atom. The van der Waals surface area contributed by atoms with Gasteiger partial charge >= 0.3 is 6.18 Å². The molecule has 1 aromatic heterocycles. The molecule has 7 heteroatoms. The molecule has 0 atom stereocenters. The van der Waals surface area contributed by atoms with Gasteiger partial charge in [0.05, 0.1) is 12.1 Å². The van der Waals surface area contributed by atoms with Crippen LogP contribution in [0.2, 0.25) is 0 Å². The van der Waals surface area contributed by atoms with Crippen LogP contribution < -0.4 is 5.73 Å². The van der Waals surface area contributed by atoms with Crippen LogP contribution in [0.15, 0.2) is 36.7 Å². The Hall–Kier alpha value is -1.66. The summed E-state index contributed by atoms with van der Waals surface area (Å²) in [5, 5.41) is 0. The highest BCUT2D eigenvalue weighted by atomic mass is 35.5. The van der Waals surface area contributed by atoms with Crippen molar-refractivity contribution in [3.05, 3.63) is 48.0 Å².